The van der Waals surface area contributed by atoms with Gasteiger partial charge in [-0.05, 0) is 48.7 Å². The van der Waals surface area contributed by atoms with Crippen LogP contribution in [0.1, 0.15) is 30.5 Å². The molecule has 3 aromatic rings. The molecule has 4 atom stereocenters. The van der Waals surface area contributed by atoms with Crippen molar-refractivity contribution >= 4 is 23.5 Å². The van der Waals surface area contributed by atoms with Crippen LogP contribution >= 0.6 is 0 Å². The molecule has 0 radical (unpaired) electrons. The van der Waals surface area contributed by atoms with E-state index in [9.17, 15) is 23.5 Å². The van der Waals surface area contributed by atoms with Crippen LogP contribution in [0, 0.1) is 17.6 Å². The molecule has 4 rings (SSSR count). The fourth-order valence-corrected chi connectivity index (χ4v) is 4.58. The number of hydrogen-bond acceptors (Lipinski definition) is 7. The Kier molecular flexibility index (Phi) is 7.50. The monoisotopic (exact) mass is 513 g/mol. The number of aliphatic hydroxyl groups is 1. The van der Waals surface area contributed by atoms with Crippen molar-refractivity contribution in [1.29, 1.82) is 0 Å². The van der Waals surface area contributed by atoms with Gasteiger partial charge >= 0.3 is 0 Å². The molecule has 0 aliphatic carbocycles. The summed E-state index contributed by atoms with van der Waals surface area (Å²) in [6, 6.07) is 6.14. The predicted molar refractivity (Wildman–Crippen MR) is 132 cm³/mol. The largest absolute Gasteiger partial charge is 0.384 e. The first kappa shape index (κ1) is 26.2. The van der Waals surface area contributed by atoms with E-state index in [2.05, 4.69) is 15.4 Å². The highest BCUT2D eigenvalue weighted by atomic mass is 19.1. The maximum atomic E-state index is 14.4. The number of nitrogens with two attached hydrogens (primary N) is 1. The molecule has 1 saturated heterocycles. The number of nitrogens with zero attached hydrogens (tertiary/aromatic N) is 5. The number of likely N-dealkylation sites (N-methyl/N-ethyl adjacent to an activating group) is 1. The van der Waals surface area contributed by atoms with E-state index >= 15 is 0 Å². The Hall–Kier alpha value is -3.90. The van der Waals surface area contributed by atoms with Gasteiger partial charge in [-0.3, -0.25) is 29.4 Å². The third-order valence-corrected chi connectivity index (χ3v) is 6.54. The van der Waals surface area contributed by atoms with Crippen LogP contribution in [0.3, 0.4) is 0 Å². The van der Waals surface area contributed by atoms with Gasteiger partial charge in [0.25, 0.3) is 5.91 Å². The molecule has 1 aliphatic heterocycles. The predicted octanol–water partition coefficient (Wildman–Crippen LogP) is 1.72. The number of amides is 2. The maximum Gasteiger partial charge on any atom is 0.251 e. The Labute approximate surface area is 212 Å². The first-order valence-corrected chi connectivity index (χ1v) is 11.8. The van der Waals surface area contributed by atoms with Gasteiger partial charge in [-0.2, -0.15) is 5.10 Å². The van der Waals surface area contributed by atoms with Gasteiger partial charge in [0.2, 0.25) is 5.91 Å². The lowest BCUT2D eigenvalue weighted by atomic mass is 9.81. The molecule has 3 heterocycles. The van der Waals surface area contributed by atoms with Crippen molar-refractivity contribution in [2.45, 2.75) is 38.2 Å². The molecule has 1 aliphatic rings. The summed E-state index contributed by atoms with van der Waals surface area (Å²) in [6.45, 7) is 1.72. The Bertz CT molecular complexity index is 1300. The number of aryl methyl sites for hydroxylation is 1. The van der Waals surface area contributed by atoms with Crippen LogP contribution < -0.4 is 16.0 Å². The number of aliphatic hydroxyl groups excluding tert-OH is 1. The molecule has 1 fully saturated rings. The number of likely N-dealkylation sites (tertiary alicyclic amines) is 1. The van der Waals surface area contributed by atoms with E-state index in [1.54, 1.807) is 38.4 Å². The topological polar surface area (TPSA) is 130 Å². The van der Waals surface area contributed by atoms with Crippen molar-refractivity contribution in [3.8, 4) is 0 Å². The number of halogens is 2. The minimum atomic E-state index is -1.63. The van der Waals surface area contributed by atoms with Gasteiger partial charge in [0, 0.05) is 44.2 Å². The zero-order valence-corrected chi connectivity index (χ0v) is 20.7. The Morgan fingerprint density at radius 3 is 2.68 bits per heavy atom. The highest BCUT2D eigenvalue weighted by molar-refractivity contribution is 6.05. The SMILES string of the molecule is CC[C@@H](NC(O)N1C(=O)[C@H](Cc2ccnc(N)c2)[C@H]1C(=O)N(C)c1ccn(C)n1)c1cc(F)ccc1F. The van der Waals surface area contributed by atoms with E-state index in [0.717, 1.165) is 23.1 Å². The number of aromatic nitrogens is 3. The number of carbonyl (C=O) groups is 2. The van der Waals surface area contributed by atoms with Crippen LogP contribution in [0.2, 0.25) is 0 Å². The quantitative estimate of drug-likeness (QED) is 0.294. The number of pyridine rings is 1. The second-order valence-electron chi connectivity index (χ2n) is 9.00. The number of nitrogen functional groups attached to an aromatic ring is 1. The normalized spacial score (nSPS) is 18.9. The zero-order valence-electron chi connectivity index (χ0n) is 20.7. The third-order valence-electron chi connectivity index (χ3n) is 6.54. The average molecular weight is 514 g/mol. The van der Waals surface area contributed by atoms with Gasteiger partial charge < -0.3 is 10.8 Å². The summed E-state index contributed by atoms with van der Waals surface area (Å²) < 4.78 is 29.7. The lowest BCUT2D eigenvalue weighted by molar-refractivity contribution is -0.183. The molecule has 2 aromatic heterocycles. The van der Waals surface area contributed by atoms with Crippen molar-refractivity contribution < 1.29 is 23.5 Å². The molecule has 37 heavy (non-hydrogen) atoms. The molecule has 1 unspecified atom stereocenters. The number of rotatable bonds is 9. The molecule has 0 spiro atoms. The van der Waals surface area contributed by atoms with Crippen LogP contribution in [0.5, 0.6) is 0 Å². The molecule has 10 nitrogen and oxygen atoms in total. The molecule has 0 saturated carbocycles. The minimum absolute atomic E-state index is 0.00631. The van der Waals surface area contributed by atoms with E-state index in [1.807, 2.05) is 0 Å². The van der Waals surface area contributed by atoms with Crippen LogP contribution in [0.25, 0.3) is 0 Å². The molecule has 4 N–H and O–H groups in total. The molecule has 0 bridgehead atoms. The lowest BCUT2D eigenvalue weighted by Crippen LogP contribution is -2.72. The van der Waals surface area contributed by atoms with E-state index in [0.29, 0.717) is 11.4 Å². The van der Waals surface area contributed by atoms with Crippen molar-refractivity contribution in [3.05, 3.63) is 71.6 Å². The summed E-state index contributed by atoms with van der Waals surface area (Å²) >= 11 is 0. The van der Waals surface area contributed by atoms with Crippen LogP contribution in [-0.2, 0) is 23.1 Å². The van der Waals surface area contributed by atoms with Crippen molar-refractivity contribution in [1.82, 2.24) is 25.0 Å². The van der Waals surface area contributed by atoms with Crippen LogP contribution in [0.4, 0.5) is 20.4 Å². The van der Waals surface area contributed by atoms with Gasteiger partial charge in [0.1, 0.15) is 23.5 Å². The van der Waals surface area contributed by atoms with E-state index < -0.39 is 47.8 Å². The minimum Gasteiger partial charge on any atom is -0.384 e. The molecular formula is C25H29F2N7O3. The summed E-state index contributed by atoms with van der Waals surface area (Å²) in [7, 11) is 3.24. The van der Waals surface area contributed by atoms with E-state index in [4.69, 9.17) is 5.73 Å². The third kappa shape index (κ3) is 5.30. The van der Waals surface area contributed by atoms with E-state index in [1.165, 1.54) is 22.8 Å². The molecule has 2 amide bonds. The number of anilines is 2. The Morgan fingerprint density at radius 2 is 2.03 bits per heavy atom. The highest BCUT2D eigenvalue weighted by Crippen LogP contribution is 2.34. The van der Waals surface area contributed by atoms with Crippen LogP contribution in [-0.4, -0.2) is 56.0 Å². The fraction of sp³-hybridized carbons (Fsp3) is 0.360. The number of hydrogen-bond donors (Lipinski definition) is 3. The van der Waals surface area contributed by atoms with E-state index in [-0.39, 0.29) is 24.2 Å². The van der Waals surface area contributed by atoms with Gasteiger partial charge in [-0.1, -0.05) is 6.92 Å². The van der Waals surface area contributed by atoms with Gasteiger partial charge in [0.05, 0.1) is 5.92 Å². The molecule has 196 valence electrons. The average Bonchev–Trinajstić information content (AvgIpc) is 3.31. The fourth-order valence-electron chi connectivity index (χ4n) is 4.58. The second kappa shape index (κ2) is 10.6. The lowest BCUT2D eigenvalue weighted by Gasteiger charge is -2.49. The molecule has 12 heteroatoms. The van der Waals surface area contributed by atoms with Gasteiger partial charge in [-0.25, -0.2) is 13.8 Å². The smallest absolute Gasteiger partial charge is 0.251 e. The number of β-lactam (4-membered cyclic amide) rings is 1. The highest BCUT2D eigenvalue weighted by Gasteiger charge is 2.55. The first-order chi connectivity index (χ1) is 17.6. The number of benzene rings is 1. The van der Waals surface area contributed by atoms with Crippen LogP contribution in [0.15, 0.2) is 48.8 Å². The molecular weight excluding hydrogens is 484 g/mol. The summed E-state index contributed by atoms with van der Waals surface area (Å²) in [5.41, 5.74) is 6.49. The van der Waals surface area contributed by atoms with Crippen molar-refractivity contribution in [2.24, 2.45) is 13.0 Å². The first-order valence-electron chi connectivity index (χ1n) is 11.8. The Morgan fingerprint density at radius 1 is 1.27 bits per heavy atom. The Balaban J connectivity index is 1.61. The van der Waals surface area contributed by atoms with Crippen molar-refractivity contribution in [3.63, 3.8) is 0 Å². The standard InChI is InChI=1S/C25H29F2N7O3/c1-4-19(16-13-15(26)5-6-18(16)27)30-25(37)34-22(24(36)33(3)21-8-10-32(2)31-21)17(23(34)35)11-14-7-9-29-20(28)12-14/h5-10,12-13,17,19,22,25,30,37H,4,11H2,1-3H3,(H2,28,29)/t17-,19-,22+,25?/m1/s1. The molecule has 1 aromatic carbocycles. The number of carbonyl (C=O) groups excluding carboxylic acids is 2. The van der Waals surface area contributed by atoms with Gasteiger partial charge in [0.15, 0.2) is 12.2 Å². The summed E-state index contributed by atoms with van der Waals surface area (Å²) in [4.78, 5) is 33.1. The summed E-state index contributed by atoms with van der Waals surface area (Å²) in [5.74, 6) is -2.36. The second-order valence-corrected chi connectivity index (χ2v) is 9.00. The zero-order chi connectivity index (χ0) is 26.9. The summed E-state index contributed by atoms with van der Waals surface area (Å²) in [5, 5.41) is 18.0. The van der Waals surface area contributed by atoms with Gasteiger partial charge in [-0.15, -0.1) is 0 Å². The maximum absolute atomic E-state index is 14.4. The summed E-state index contributed by atoms with van der Waals surface area (Å²) in [6.07, 6.45) is 2.03. The van der Waals surface area contributed by atoms with Crippen molar-refractivity contribution in [2.75, 3.05) is 17.7 Å². The number of nitrogens with one attached hydrogen (secondary N) is 1.